The number of fused-ring (bicyclic) bond motifs is 1. The molecule has 0 nitrogen and oxygen atoms in total. The molecule has 0 aromatic heterocycles. The predicted molar refractivity (Wildman–Crippen MR) is 53.0 cm³/mol. The average Bonchev–Trinajstić information content (AvgIpc) is 2.03. The van der Waals surface area contributed by atoms with E-state index in [4.69, 9.17) is 0 Å². The van der Waals surface area contributed by atoms with Gasteiger partial charge in [0.15, 0.2) is 0 Å². The monoisotopic (exact) mass is 162 g/mol. The van der Waals surface area contributed by atoms with Crippen LogP contribution < -0.4 is 0 Å². The number of allylic oxidation sites excluding steroid dienone is 3. The molecule has 0 saturated heterocycles. The molecule has 0 radical (unpaired) electrons. The van der Waals surface area contributed by atoms with E-state index in [9.17, 15) is 0 Å². The fourth-order valence-corrected chi connectivity index (χ4v) is 2.45. The molecule has 12 heavy (non-hydrogen) atoms. The molecule has 66 valence electrons. The van der Waals surface area contributed by atoms with E-state index in [1.807, 2.05) is 0 Å². The Hall–Kier alpha value is -0.520. The van der Waals surface area contributed by atoms with E-state index in [-0.39, 0.29) is 0 Å². The minimum atomic E-state index is 0.882. The minimum absolute atomic E-state index is 0.882. The van der Waals surface area contributed by atoms with Gasteiger partial charge in [0.25, 0.3) is 0 Å². The van der Waals surface area contributed by atoms with Crippen LogP contribution in [-0.2, 0) is 0 Å². The maximum atomic E-state index is 4.19. The second-order valence-electron chi connectivity index (χ2n) is 4.21. The van der Waals surface area contributed by atoms with Crippen molar-refractivity contribution >= 4 is 0 Å². The fraction of sp³-hybridized carbons (Fsp3) is 0.667. The topological polar surface area (TPSA) is 0 Å². The lowest BCUT2D eigenvalue weighted by Crippen LogP contribution is -2.26. The largest absolute Gasteiger partial charge is 0.0993 e. The summed E-state index contributed by atoms with van der Waals surface area (Å²) in [6.45, 7) is 4.19. The highest BCUT2D eigenvalue weighted by atomic mass is 14.4. The van der Waals surface area contributed by atoms with E-state index in [1.54, 1.807) is 0 Å². The van der Waals surface area contributed by atoms with Gasteiger partial charge in [-0.1, -0.05) is 24.3 Å². The lowest BCUT2D eigenvalue weighted by Gasteiger charge is -2.37. The number of hydrogen-bond acceptors (Lipinski definition) is 0. The zero-order chi connectivity index (χ0) is 8.39. The lowest BCUT2D eigenvalue weighted by molar-refractivity contribution is 0.196. The second kappa shape index (κ2) is 3.47. The summed E-state index contributed by atoms with van der Waals surface area (Å²) >= 11 is 0. The van der Waals surface area contributed by atoms with E-state index in [0.717, 1.165) is 18.3 Å². The minimum Gasteiger partial charge on any atom is -0.0993 e. The van der Waals surface area contributed by atoms with E-state index in [2.05, 4.69) is 18.7 Å². The molecule has 2 atom stereocenters. The van der Waals surface area contributed by atoms with Crippen LogP contribution in [-0.4, -0.2) is 0 Å². The predicted octanol–water partition coefficient (Wildman–Crippen LogP) is 3.70. The summed E-state index contributed by atoms with van der Waals surface area (Å²) < 4.78 is 0. The van der Waals surface area contributed by atoms with Crippen LogP contribution in [0, 0.1) is 11.8 Å². The van der Waals surface area contributed by atoms with Gasteiger partial charge in [0, 0.05) is 0 Å². The molecule has 0 aromatic rings. The highest BCUT2D eigenvalue weighted by molar-refractivity contribution is 5.12. The number of rotatable bonds is 0. The van der Waals surface area contributed by atoms with Crippen LogP contribution in [0.4, 0.5) is 0 Å². The van der Waals surface area contributed by atoms with Gasteiger partial charge in [-0.3, -0.25) is 0 Å². The van der Waals surface area contributed by atoms with Gasteiger partial charge < -0.3 is 0 Å². The molecule has 0 bridgehead atoms. The summed E-state index contributed by atoms with van der Waals surface area (Å²) in [7, 11) is 0. The molecule has 2 unspecified atom stereocenters. The van der Waals surface area contributed by atoms with E-state index >= 15 is 0 Å². The van der Waals surface area contributed by atoms with Gasteiger partial charge in [0.1, 0.15) is 0 Å². The van der Waals surface area contributed by atoms with Crippen molar-refractivity contribution in [3.05, 3.63) is 24.3 Å². The highest BCUT2D eigenvalue weighted by Gasteiger charge is 2.31. The Morgan fingerprint density at radius 3 is 2.83 bits per heavy atom. The van der Waals surface area contributed by atoms with E-state index in [0.29, 0.717) is 0 Å². The summed E-state index contributed by atoms with van der Waals surface area (Å²) in [4.78, 5) is 0. The smallest absolute Gasteiger partial charge is 0.0139 e. The van der Waals surface area contributed by atoms with Crippen LogP contribution in [0.25, 0.3) is 0 Å². The van der Waals surface area contributed by atoms with Crippen molar-refractivity contribution in [2.45, 2.75) is 38.5 Å². The van der Waals surface area contributed by atoms with Gasteiger partial charge >= 0.3 is 0 Å². The maximum Gasteiger partial charge on any atom is -0.0139 e. The van der Waals surface area contributed by atoms with Gasteiger partial charge in [0.2, 0.25) is 0 Å². The van der Waals surface area contributed by atoms with Crippen LogP contribution in [0.15, 0.2) is 24.3 Å². The lowest BCUT2D eigenvalue weighted by atomic mass is 9.68. The molecular weight excluding hydrogens is 144 g/mol. The fourth-order valence-electron chi connectivity index (χ4n) is 2.45. The summed E-state index contributed by atoms with van der Waals surface area (Å²) in [5.74, 6) is 1.88. The highest BCUT2D eigenvalue weighted by Crippen LogP contribution is 2.43. The molecule has 0 aromatic carbocycles. The quantitative estimate of drug-likeness (QED) is 0.476. The van der Waals surface area contributed by atoms with Gasteiger partial charge in [-0.05, 0) is 50.4 Å². The molecule has 0 spiro atoms. The van der Waals surface area contributed by atoms with Crippen molar-refractivity contribution in [2.75, 3.05) is 0 Å². The molecule has 1 saturated carbocycles. The third-order valence-electron chi connectivity index (χ3n) is 3.43. The normalized spacial score (nSPS) is 38.5. The van der Waals surface area contributed by atoms with Crippen LogP contribution in [0.2, 0.25) is 0 Å². The molecule has 0 amide bonds. The maximum absolute atomic E-state index is 4.19. The Balaban J connectivity index is 2.01. The molecule has 0 heterocycles. The van der Waals surface area contributed by atoms with Crippen molar-refractivity contribution in [2.24, 2.45) is 11.8 Å². The summed E-state index contributed by atoms with van der Waals surface area (Å²) in [5, 5.41) is 0. The standard InChI is InChI=1S/C12H18/c1-10-6-4-2-3-5-7-11-8-9-12(10)11/h2,4,11-12H,1,3,5-9H2/b4-2-. The average molecular weight is 162 g/mol. The van der Waals surface area contributed by atoms with Crippen LogP contribution in [0.3, 0.4) is 0 Å². The first-order valence-corrected chi connectivity index (χ1v) is 5.20. The first-order valence-electron chi connectivity index (χ1n) is 5.20. The van der Waals surface area contributed by atoms with Crippen LogP contribution >= 0.6 is 0 Å². The first-order chi connectivity index (χ1) is 5.88. The Labute approximate surface area is 75.4 Å². The molecule has 1 fully saturated rings. The van der Waals surface area contributed by atoms with Crippen LogP contribution in [0.1, 0.15) is 38.5 Å². The zero-order valence-corrected chi connectivity index (χ0v) is 7.76. The third kappa shape index (κ3) is 1.48. The van der Waals surface area contributed by atoms with Crippen molar-refractivity contribution < 1.29 is 0 Å². The molecule has 0 N–H and O–H groups in total. The SMILES string of the molecule is C=C1C/C=C\CCCC2CCC12. The Morgan fingerprint density at radius 2 is 2.08 bits per heavy atom. The first kappa shape index (κ1) is 8.10. The number of hydrogen-bond donors (Lipinski definition) is 0. The van der Waals surface area contributed by atoms with Crippen molar-refractivity contribution in [1.82, 2.24) is 0 Å². The molecule has 2 aliphatic rings. The zero-order valence-electron chi connectivity index (χ0n) is 7.76. The Kier molecular flexibility index (Phi) is 2.34. The summed E-state index contributed by atoms with van der Waals surface area (Å²) in [5.41, 5.74) is 1.49. The van der Waals surface area contributed by atoms with Gasteiger partial charge in [-0.2, -0.15) is 0 Å². The van der Waals surface area contributed by atoms with Crippen molar-refractivity contribution in [3.63, 3.8) is 0 Å². The second-order valence-corrected chi connectivity index (χ2v) is 4.21. The van der Waals surface area contributed by atoms with Gasteiger partial charge in [0.05, 0.1) is 0 Å². The third-order valence-corrected chi connectivity index (χ3v) is 3.43. The van der Waals surface area contributed by atoms with Gasteiger partial charge in [-0.25, -0.2) is 0 Å². The van der Waals surface area contributed by atoms with Crippen LogP contribution in [0.5, 0.6) is 0 Å². The molecular formula is C12H18. The van der Waals surface area contributed by atoms with Crippen molar-refractivity contribution in [1.29, 1.82) is 0 Å². The molecule has 0 heteroatoms. The molecule has 2 aliphatic carbocycles. The van der Waals surface area contributed by atoms with E-state index in [1.165, 1.54) is 37.7 Å². The Bertz CT molecular complexity index is 200. The molecule has 0 aliphatic heterocycles. The van der Waals surface area contributed by atoms with Crippen molar-refractivity contribution in [3.8, 4) is 0 Å². The summed E-state index contributed by atoms with van der Waals surface area (Å²) in [6, 6.07) is 0. The van der Waals surface area contributed by atoms with E-state index < -0.39 is 0 Å². The Morgan fingerprint density at radius 1 is 1.17 bits per heavy atom. The molecule has 2 rings (SSSR count). The van der Waals surface area contributed by atoms with Gasteiger partial charge in [-0.15, -0.1) is 0 Å². The summed E-state index contributed by atoms with van der Waals surface area (Å²) in [6.07, 6.45) is 12.8.